The van der Waals surface area contributed by atoms with Crippen LogP contribution in [-0.2, 0) is 16.4 Å². The quantitative estimate of drug-likeness (QED) is 0.0893. The number of nitro benzene ring substituents is 1. The number of aromatic nitrogens is 2. The number of halogens is 1. The largest absolute Gasteiger partial charge is 0.493 e. The van der Waals surface area contributed by atoms with E-state index in [2.05, 4.69) is 50.5 Å². The third-order valence-corrected chi connectivity index (χ3v) is 13.0. The van der Waals surface area contributed by atoms with E-state index in [1.807, 2.05) is 18.2 Å². The Labute approximate surface area is 347 Å². The van der Waals surface area contributed by atoms with Gasteiger partial charge in [0.1, 0.15) is 22.9 Å². The van der Waals surface area contributed by atoms with Crippen LogP contribution in [0.5, 0.6) is 17.2 Å². The molecule has 16 heteroatoms. The summed E-state index contributed by atoms with van der Waals surface area (Å²) in [5.74, 6) is -0.914. The number of aliphatic hydroxyl groups is 1. The summed E-state index contributed by atoms with van der Waals surface area (Å²) in [6.45, 7) is 8.38. The van der Waals surface area contributed by atoms with Crippen molar-refractivity contribution in [2.75, 3.05) is 50.8 Å². The molecule has 308 valence electrons. The number of sulfonamides is 1. The molecule has 4 heterocycles. The molecule has 14 nitrogen and oxygen atoms in total. The van der Waals surface area contributed by atoms with Crippen LogP contribution in [-0.4, -0.2) is 85.2 Å². The highest BCUT2D eigenvalue weighted by atomic mass is 35.5. The van der Waals surface area contributed by atoms with Gasteiger partial charge in [0.25, 0.3) is 21.6 Å². The first-order chi connectivity index (χ1) is 28.2. The predicted molar refractivity (Wildman–Crippen MR) is 225 cm³/mol. The van der Waals surface area contributed by atoms with Gasteiger partial charge in [-0.3, -0.25) is 19.8 Å². The minimum Gasteiger partial charge on any atom is -0.493 e. The fourth-order valence-corrected chi connectivity index (χ4v) is 9.27. The van der Waals surface area contributed by atoms with E-state index in [4.69, 9.17) is 21.1 Å². The second-order valence-electron chi connectivity index (χ2n) is 16.2. The van der Waals surface area contributed by atoms with E-state index in [1.54, 1.807) is 24.4 Å². The minimum absolute atomic E-state index is 0.0132. The van der Waals surface area contributed by atoms with Gasteiger partial charge >= 0.3 is 0 Å². The predicted octanol–water partition coefficient (Wildman–Crippen LogP) is 7.36. The number of pyridine rings is 1. The summed E-state index contributed by atoms with van der Waals surface area (Å²) in [6, 6.07) is 18.8. The van der Waals surface area contributed by atoms with Crippen LogP contribution in [0.15, 0.2) is 89.6 Å². The monoisotopic (exact) mass is 840 g/mol. The molecule has 3 aromatic carbocycles. The van der Waals surface area contributed by atoms with E-state index >= 15 is 0 Å². The number of fused-ring (bicyclic) bond motifs is 2. The van der Waals surface area contributed by atoms with Crippen LogP contribution in [0.3, 0.4) is 0 Å². The maximum atomic E-state index is 13.9. The molecule has 1 saturated heterocycles. The number of amides is 1. The minimum atomic E-state index is -4.64. The molecule has 3 aliphatic rings. The van der Waals surface area contributed by atoms with E-state index in [0.717, 1.165) is 67.1 Å². The zero-order valence-electron chi connectivity index (χ0n) is 32.7. The van der Waals surface area contributed by atoms with Gasteiger partial charge in [0.15, 0.2) is 0 Å². The third kappa shape index (κ3) is 8.79. The smallest absolute Gasteiger partial charge is 0.277 e. The Morgan fingerprint density at radius 3 is 2.63 bits per heavy atom. The number of carbonyl (C=O) groups is 1. The van der Waals surface area contributed by atoms with E-state index in [0.29, 0.717) is 24.5 Å². The molecular weight excluding hydrogens is 796 g/mol. The lowest BCUT2D eigenvalue weighted by molar-refractivity contribution is -0.386. The molecule has 1 atom stereocenters. The van der Waals surface area contributed by atoms with E-state index < -0.39 is 31.4 Å². The maximum Gasteiger partial charge on any atom is 0.277 e. The number of benzene rings is 3. The number of aliphatic hydroxyl groups excluding tert-OH is 1. The topological polar surface area (TPSA) is 180 Å². The van der Waals surface area contributed by atoms with Gasteiger partial charge in [0.2, 0.25) is 0 Å². The Morgan fingerprint density at radius 2 is 1.88 bits per heavy atom. The lowest BCUT2D eigenvalue weighted by Gasteiger charge is -2.39. The summed E-state index contributed by atoms with van der Waals surface area (Å²) in [7, 11) is -4.64. The van der Waals surface area contributed by atoms with Crippen molar-refractivity contribution < 1.29 is 32.7 Å². The number of H-pyrrole nitrogens is 1. The van der Waals surface area contributed by atoms with Crippen LogP contribution >= 0.6 is 11.6 Å². The number of rotatable bonds is 11. The summed E-state index contributed by atoms with van der Waals surface area (Å²) in [6.07, 6.45) is 6.57. The Bertz CT molecular complexity index is 2570. The zero-order chi connectivity index (χ0) is 41.5. The summed E-state index contributed by atoms with van der Waals surface area (Å²) in [5, 5.41) is 23.1. The first-order valence-corrected chi connectivity index (χ1v) is 21.4. The van der Waals surface area contributed by atoms with Gasteiger partial charge in [-0.25, -0.2) is 18.1 Å². The first kappa shape index (κ1) is 40.3. The number of aromatic amines is 1. The highest BCUT2D eigenvalue weighted by molar-refractivity contribution is 7.90. The Kier molecular flexibility index (Phi) is 11.1. The molecule has 1 aliphatic carbocycles. The van der Waals surface area contributed by atoms with Gasteiger partial charge in [-0.05, 0) is 78.6 Å². The van der Waals surface area contributed by atoms with E-state index in [1.165, 1.54) is 29.0 Å². The number of hydrogen-bond acceptors (Lipinski definition) is 11. The molecule has 0 unspecified atom stereocenters. The van der Waals surface area contributed by atoms with E-state index in [-0.39, 0.29) is 53.6 Å². The third-order valence-electron chi connectivity index (χ3n) is 11.5. The van der Waals surface area contributed by atoms with Crippen molar-refractivity contribution in [3.8, 4) is 17.2 Å². The average molecular weight is 841 g/mol. The highest BCUT2D eigenvalue weighted by Crippen LogP contribution is 2.44. The SMILES string of the molecule is CC1(C)CCC(CN2CCN(c3ccc(C(=O)NS(=O)(=O)c4cc5c(c([N+](=O)[O-])c4)C[C@H](CO)CO5)c(Oc4cnc5[nH]ccc5c4)c3)CC2)=C(c2ccc(Cl)cc2)C1. The number of nitro groups is 1. The Hall–Kier alpha value is -5.48. The number of piperazine rings is 1. The molecule has 0 bridgehead atoms. The van der Waals surface area contributed by atoms with Crippen molar-refractivity contribution in [1.82, 2.24) is 19.6 Å². The van der Waals surface area contributed by atoms with Crippen LogP contribution in [0, 0.1) is 21.4 Å². The van der Waals surface area contributed by atoms with Crippen LogP contribution < -0.4 is 19.1 Å². The van der Waals surface area contributed by atoms with Crippen molar-refractivity contribution in [3.63, 3.8) is 0 Å². The van der Waals surface area contributed by atoms with Crippen molar-refractivity contribution in [1.29, 1.82) is 0 Å². The van der Waals surface area contributed by atoms with Crippen molar-refractivity contribution in [3.05, 3.63) is 117 Å². The lowest BCUT2D eigenvalue weighted by atomic mass is 9.72. The van der Waals surface area contributed by atoms with Gasteiger partial charge in [0.05, 0.1) is 33.7 Å². The Morgan fingerprint density at radius 1 is 1.10 bits per heavy atom. The molecule has 59 heavy (non-hydrogen) atoms. The number of carbonyl (C=O) groups excluding carboxylic acids is 1. The molecule has 5 aromatic rings. The summed E-state index contributed by atoms with van der Waals surface area (Å²) >= 11 is 6.23. The summed E-state index contributed by atoms with van der Waals surface area (Å²) < 4.78 is 41.4. The molecule has 8 rings (SSSR count). The first-order valence-electron chi connectivity index (χ1n) is 19.6. The normalized spacial score (nSPS) is 18.3. The molecule has 2 aliphatic heterocycles. The Balaban J connectivity index is 1.04. The number of nitrogens with zero attached hydrogens (tertiary/aromatic N) is 4. The molecule has 0 radical (unpaired) electrons. The summed E-state index contributed by atoms with van der Waals surface area (Å²) in [4.78, 5) is 36.8. The van der Waals surface area contributed by atoms with Crippen LogP contribution in [0.1, 0.15) is 54.6 Å². The zero-order valence-corrected chi connectivity index (χ0v) is 34.3. The molecule has 0 spiro atoms. The van der Waals surface area contributed by atoms with Gasteiger partial charge in [-0.15, -0.1) is 0 Å². The van der Waals surface area contributed by atoms with Crippen LogP contribution in [0.25, 0.3) is 16.6 Å². The molecule has 1 fully saturated rings. The lowest BCUT2D eigenvalue weighted by Crippen LogP contribution is -2.47. The molecule has 3 N–H and O–H groups in total. The van der Waals surface area contributed by atoms with Gasteiger partial charge in [0, 0.05) is 85.7 Å². The van der Waals surface area contributed by atoms with Crippen molar-refractivity contribution in [2.24, 2.45) is 11.3 Å². The standard InChI is InChI=1S/C43H45ClN6O8S/c1-43(2)11-9-30(37(22-43)28-3-5-31(44)6-4-28)24-48-13-15-49(16-14-48)32-7-8-35(40(19-32)58-33-18-29-10-12-45-41(29)46-23-33)42(52)47-59(55,56)34-20-38(50(53)54)36-17-27(25-51)26-57-39(36)21-34/h3-8,10,12,18-21,23,27,51H,9,11,13-17,22,24-26H2,1-2H3,(H,45,46)(H,47,52)/t27-/m1/s1. The summed E-state index contributed by atoms with van der Waals surface area (Å²) in [5.41, 5.74) is 5.38. The number of hydrogen-bond donors (Lipinski definition) is 3. The second-order valence-corrected chi connectivity index (χ2v) is 18.4. The second kappa shape index (κ2) is 16.3. The number of anilines is 1. The van der Waals surface area contributed by atoms with Gasteiger partial charge < -0.3 is 24.5 Å². The van der Waals surface area contributed by atoms with Crippen LogP contribution in [0.4, 0.5) is 11.4 Å². The number of nitrogens with one attached hydrogen (secondary N) is 2. The van der Waals surface area contributed by atoms with E-state index in [9.17, 15) is 28.4 Å². The molecule has 0 saturated carbocycles. The highest BCUT2D eigenvalue weighted by Gasteiger charge is 2.33. The fraction of sp³-hybridized carbons (Fsp3) is 0.349. The average Bonchev–Trinajstić information content (AvgIpc) is 3.69. The maximum absolute atomic E-state index is 13.9. The van der Waals surface area contributed by atoms with Crippen molar-refractivity contribution >= 4 is 55.5 Å². The number of ether oxygens (including phenoxy) is 2. The molecule has 1 amide bonds. The van der Waals surface area contributed by atoms with Gasteiger partial charge in [-0.2, -0.15) is 0 Å². The number of allylic oxidation sites excluding steroid dienone is 1. The molecule has 2 aromatic heterocycles. The van der Waals surface area contributed by atoms with Gasteiger partial charge in [-0.1, -0.05) is 43.2 Å². The molecular formula is C43H45ClN6O8S. The van der Waals surface area contributed by atoms with Crippen LogP contribution in [0.2, 0.25) is 5.02 Å². The van der Waals surface area contributed by atoms with Crippen molar-refractivity contribution in [2.45, 2.75) is 44.4 Å². The fourth-order valence-electron chi connectivity index (χ4n) is 8.15.